The zero-order valence-electron chi connectivity index (χ0n) is 10.9. The molecule has 3 rings (SSSR count). The Kier molecular flexibility index (Phi) is 3.65. The molecule has 0 spiro atoms. The van der Waals surface area contributed by atoms with Crippen LogP contribution in [-0.4, -0.2) is 32.5 Å². The number of aromatic amines is 1. The van der Waals surface area contributed by atoms with Gasteiger partial charge in [-0.3, -0.25) is 0 Å². The van der Waals surface area contributed by atoms with Crippen molar-refractivity contribution in [2.45, 2.75) is 19.3 Å². The van der Waals surface area contributed by atoms with Gasteiger partial charge in [0, 0.05) is 6.42 Å². The normalized spacial score (nSPS) is 16.6. The maximum absolute atomic E-state index is 13.4. The molecule has 2 N–H and O–H groups in total. The molecule has 0 aliphatic carbocycles. The number of imidazole rings is 1. The van der Waals surface area contributed by atoms with E-state index >= 15 is 0 Å². The molecule has 4 nitrogen and oxygen atoms in total. The van der Waals surface area contributed by atoms with E-state index in [0.29, 0.717) is 17.0 Å². The number of halogens is 1. The van der Waals surface area contributed by atoms with Crippen LogP contribution in [0.3, 0.4) is 0 Å². The minimum absolute atomic E-state index is 0.0818. The third-order valence-electron chi connectivity index (χ3n) is 3.65. The first-order valence-electron chi connectivity index (χ1n) is 6.62. The molecule has 1 aromatic heterocycles. The van der Waals surface area contributed by atoms with E-state index in [-0.39, 0.29) is 5.56 Å². The SMILES string of the molecule is O=C(O)c1cc(F)cc2[nH]c(CC3CCSCC3)nc12. The Morgan fingerprint density at radius 1 is 1.45 bits per heavy atom. The number of carbonyl (C=O) groups is 1. The lowest BCUT2D eigenvalue weighted by Gasteiger charge is -2.19. The Labute approximate surface area is 119 Å². The van der Waals surface area contributed by atoms with E-state index < -0.39 is 11.8 Å². The summed E-state index contributed by atoms with van der Waals surface area (Å²) >= 11 is 1.96. The molecular weight excluding hydrogens is 279 g/mol. The number of carboxylic acid groups (broad SMARTS) is 1. The van der Waals surface area contributed by atoms with Crippen LogP contribution in [0.2, 0.25) is 0 Å². The molecule has 1 saturated heterocycles. The Morgan fingerprint density at radius 3 is 2.90 bits per heavy atom. The molecule has 106 valence electrons. The third kappa shape index (κ3) is 2.65. The second kappa shape index (κ2) is 5.44. The molecule has 1 fully saturated rings. The number of nitrogens with zero attached hydrogens (tertiary/aromatic N) is 1. The van der Waals surface area contributed by atoms with E-state index in [1.807, 2.05) is 11.8 Å². The monoisotopic (exact) mass is 294 g/mol. The summed E-state index contributed by atoms with van der Waals surface area (Å²) in [6.07, 6.45) is 3.11. The predicted molar refractivity (Wildman–Crippen MR) is 76.8 cm³/mol. The maximum atomic E-state index is 13.4. The van der Waals surface area contributed by atoms with Gasteiger partial charge in [0.25, 0.3) is 0 Å². The molecule has 2 heterocycles. The topological polar surface area (TPSA) is 66.0 Å². The number of benzene rings is 1. The number of fused-ring (bicyclic) bond motifs is 1. The molecule has 0 radical (unpaired) electrons. The maximum Gasteiger partial charge on any atom is 0.338 e. The lowest BCUT2D eigenvalue weighted by molar-refractivity contribution is 0.0698. The van der Waals surface area contributed by atoms with Crippen molar-refractivity contribution in [2.75, 3.05) is 11.5 Å². The van der Waals surface area contributed by atoms with Crippen LogP contribution in [0.25, 0.3) is 11.0 Å². The van der Waals surface area contributed by atoms with E-state index in [0.717, 1.165) is 31.2 Å². The molecule has 6 heteroatoms. The molecule has 0 saturated carbocycles. The van der Waals surface area contributed by atoms with Gasteiger partial charge in [-0.05, 0) is 42.4 Å². The summed E-state index contributed by atoms with van der Waals surface area (Å²) in [6, 6.07) is 2.32. The summed E-state index contributed by atoms with van der Waals surface area (Å²) in [5.74, 6) is 1.96. The van der Waals surface area contributed by atoms with Crippen molar-refractivity contribution in [3.8, 4) is 0 Å². The number of rotatable bonds is 3. The van der Waals surface area contributed by atoms with Gasteiger partial charge in [-0.1, -0.05) is 0 Å². The van der Waals surface area contributed by atoms with Gasteiger partial charge in [0.2, 0.25) is 0 Å². The van der Waals surface area contributed by atoms with Crippen LogP contribution in [0.15, 0.2) is 12.1 Å². The first-order chi connectivity index (χ1) is 9.63. The second-order valence-corrected chi connectivity index (χ2v) is 6.32. The van der Waals surface area contributed by atoms with Gasteiger partial charge in [0.1, 0.15) is 17.2 Å². The number of carboxylic acids is 1. The summed E-state index contributed by atoms with van der Waals surface area (Å²) in [5.41, 5.74) is 0.725. The summed E-state index contributed by atoms with van der Waals surface area (Å²) in [6.45, 7) is 0. The van der Waals surface area contributed by atoms with Crippen molar-refractivity contribution in [3.63, 3.8) is 0 Å². The van der Waals surface area contributed by atoms with Crippen LogP contribution in [0.4, 0.5) is 4.39 Å². The summed E-state index contributed by atoms with van der Waals surface area (Å²) in [4.78, 5) is 18.6. The van der Waals surface area contributed by atoms with E-state index in [4.69, 9.17) is 5.11 Å². The molecule has 0 bridgehead atoms. The van der Waals surface area contributed by atoms with Crippen molar-refractivity contribution in [2.24, 2.45) is 5.92 Å². The first-order valence-corrected chi connectivity index (χ1v) is 7.78. The summed E-state index contributed by atoms with van der Waals surface area (Å²) in [7, 11) is 0. The number of thioether (sulfide) groups is 1. The highest BCUT2D eigenvalue weighted by atomic mass is 32.2. The molecule has 2 aromatic rings. The average Bonchev–Trinajstić information content (AvgIpc) is 2.80. The Bertz CT molecular complexity index is 650. The lowest BCUT2D eigenvalue weighted by atomic mass is 9.99. The van der Waals surface area contributed by atoms with Crippen LogP contribution in [-0.2, 0) is 6.42 Å². The van der Waals surface area contributed by atoms with E-state index in [1.165, 1.54) is 17.6 Å². The highest BCUT2D eigenvalue weighted by Crippen LogP contribution is 2.26. The second-order valence-electron chi connectivity index (χ2n) is 5.10. The Morgan fingerprint density at radius 2 is 2.20 bits per heavy atom. The molecule has 1 aliphatic heterocycles. The van der Waals surface area contributed by atoms with E-state index in [1.54, 1.807) is 0 Å². The van der Waals surface area contributed by atoms with Crippen molar-refractivity contribution < 1.29 is 14.3 Å². The fourth-order valence-corrected chi connectivity index (χ4v) is 3.82. The van der Waals surface area contributed by atoms with Gasteiger partial charge < -0.3 is 10.1 Å². The molecule has 0 amide bonds. The van der Waals surface area contributed by atoms with Crippen molar-refractivity contribution in [1.82, 2.24) is 9.97 Å². The van der Waals surface area contributed by atoms with E-state index in [2.05, 4.69) is 9.97 Å². The molecule has 0 unspecified atom stereocenters. The number of aromatic carboxylic acids is 1. The molecule has 1 aliphatic rings. The van der Waals surface area contributed by atoms with Crippen LogP contribution in [0.5, 0.6) is 0 Å². The highest BCUT2D eigenvalue weighted by molar-refractivity contribution is 7.99. The minimum atomic E-state index is -1.15. The Hall–Kier alpha value is -1.56. The zero-order chi connectivity index (χ0) is 14.1. The van der Waals surface area contributed by atoms with Crippen LogP contribution >= 0.6 is 11.8 Å². The fourth-order valence-electron chi connectivity index (χ4n) is 2.62. The standard InChI is InChI=1S/C14H15FN2O2S/c15-9-6-10(14(18)19)13-11(7-9)16-12(17-13)5-8-1-3-20-4-2-8/h6-8H,1-5H2,(H,16,17)(H,18,19). The number of hydrogen-bond acceptors (Lipinski definition) is 3. The predicted octanol–water partition coefficient (Wildman–Crippen LogP) is 3.09. The molecule has 20 heavy (non-hydrogen) atoms. The number of H-pyrrole nitrogens is 1. The molecule has 1 aromatic carbocycles. The van der Waals surface area contributed by atoms with Gasteiger partial charge in [0.05, 0.1) is 11.1 Å². The number of aromatic nitrogens is 2. The van der Waals surface area contributed by atoms with Gasteiger partial charge in [-0.25, -0.2) is 14.2 Å². The lowest BCUT2D eigenvalue weighted by Crippen LogP contribution is -2.12. The van der Waals surface area contributed by atoms with Crippen molar-refractivity contribution in [3.05, 3.63) is 29.3 Å². The van der Waals surface area contributed by atoms with Crippen molar-refractivity contribution >= 4 is 28.8 Å². The first kappa shape index (κ1) is 13.4. The van der Waals surface area contributed by atoms with Gasteiger partial charge >= 0.3 is 5.97 Å². The third-order valence-corrected chi connectivity index (χ3v) is 4.70. The van der Waals surface area contributed by atoms with Crippen LogP contribution in [0, 0.1) is 11.7 Å². The van der Waals surface area contributed by atoms with Gasteiger partial charge in [-0.2, -0.15) is 11.8 Å². The fraction of sp³-hybridized carbons (Fsp3) is 0.429. The molecular formula is C14H15FN2O2S. The van der Waals surface area contributed by atoms with Crippen molar-refractivity contribution in [1.29, 1.82) is 0 Å². The smallest absolute Gasteiger partial charge is 0.338 e. The van der Waals surface area contributed by atoms with Gasteiger partial charge in [0.15, 0.2) is 0 Å². The van der Waals surface area contributed by atoms with Crippen LogP contribution in [0.1, 0.15) is 29.0 Å². The van der Waals surface area contributed by atoms with Gasteiger partial charge in [-0.15, -0.1) is 0 Å². The largest absolute Gasteiger partial charge is 0.478 e. The average molecular weight is 294 g/mol. The van der Waals surface area contributed by atoms with Crippen LogP contribution < -0.4 is 0 Å². The molecule has 0 atom stereocenters. The quantitative estimate of drug-likeness (QED) is 0.913. The summed E-state index contributed by atoms with van der Waals surface area (Å²) < 4.78 is 13.4. The summed E-state index contributed by atoms with van der Waals surface area (Å²) in [5, 5.41) is 9.11. The van der Waals surface area contributed by atoms with E-state index in [9.17, 15) is 9.18 Å². The number of hydrogen-bond donors (Lipinski definition) is 2. The zero-order valence-corrected chi connectivity index (χ0v) is 11.7. The Balaban J connectivity index is 1.93. The minimum Gasteiger partial charge on any atom is -0.478 e. The highest BCUT2D eigenvalue weighted by Gasteiger charge is 2.19. The number of nitrogens with one attached hydrogen (secondary N) is 1.